The van der Waals surface area contributed by atoms with Crippen LogP contribution in [0.4, 0.5) is 8.78 Å². The number of carbonyl (C=O) groups excluding carboxylic acids is 1. The van der Waals surface area contributed by atoms with Crippen molar-refractivity contribution in [1.29, 1.82) is 0 Å². The highest BCUT2D eigenvalue weighted by Gasteiger charge is 2.10. The third-order valence-electron chi connectivity index (χ3n) is 3.55. The molecule has 0 atom stereocenters. The van der Waals surface area contributed by atoms with Gasteiger partial charge in [-0.25, -0.2) is 8.78 Å². The number of halogens is 3. The molecule has 1 aliphatic rings. The lowest BCUT2D eigenvalue weighted by Crippen LogP contribution is -2.44. The Hall–Kier alpha value is -1.24. The van der Waals surface area contributed by atoms with E-state index in [2.05, 4.69) is 15.5 Å². The number of hydrogen-bond acceptors (Lipinski definition) is 3. The molecule has 1 aromatic carbocycles. The zero-order chi connectivity index (χ0) is 15.1. The van der Waals surface area contributed by atoms with Crippen LogP contribution in [0.2, 0.25) is 0 Å². The van der Waals surface area contributed by atoms with E-state index in [0.717, 1.165) is 51.3 Å². The average Bonchev–Trinajstić information content (AvgIpc) is 2.48. The minimum Gasteiger partial charge on any atom is -0.356 e. The standard InChI is InChI=1S/C15H21F2N3O.ClH/c16-13-3-2-12(14(17)11-13)10-15(21)19-4-1-7-20-8-5-18-6-9-20;/h2-3,11,18H,1,4-10H2,(H,19,21);1H. The molecule has 1 aliphatic heterocycles. The summed E-state index contributed by atoms with van der Waals surface area (Å²) in [5.41, 5.74) is 0.219. The molecule has 1 saturated heterocycles. The first-order valence-electron chi connectivity index (χ1n) is 7.29. The molecular formula is C15H22ClF2N3O. The fraction of sp³-hybridized carbons (Fsp3) is 0.533. The van der Waals surface area contributed by atoms with Crippen molar-refractivity contribution in [1.82, 2.24) is 15.5 Å². The van der Waals surface area contributed by atoms with Crippen molar-refractivity contribution in [3.63, 3.8) is 0 Å². The first-order chi connectivity index (χ1) is 10.1. The maximum absolute atomic E-state index is 13.4. The second-order valence-electron chi connectivity index (χ2n) is 5.21. The Bertz CT molecular complexity index is 482. The van der Waals surface area contributed by atoms with Crippen molar-refractivity contribution in [2.24, 2.45) is 0 Å². The number of nitrogens with one attached hydrogen (secondary N) is 2. The predicted octanol–water partition coefficient (Wildman–Crippen LogP) is 1.34. The smallest absolute Gasteiger partial charge is 0.224 e. The quantitative estimate of drug-likeness (QED) is 0.772. The molecule has 1 aromatic rings. The second kappa shape index (κ2) is 9.71. The highest BCUT2D eigenvalue weighted by Crippen LogP contribution is 2.10. The van der Waals surface area contributed by atoms with Crippen molar-refractivity contribution in [2.45, 2.75) is 12.8 Å². The number of hydrogen-bond donors (Lipinski definition) is 2. The van der Waals surface area contributed by atoms with Crippen LogP contribution in [0.15, 0.2) is 18.2 Å². The summed E-state index contributed by atoms with van der Waals surface area (Å²) in [5, 5.41) is 6.06. The number of piperazine rings is 1. The summed E-state index contributed by atoms with van der Waals surface area (Å²) in [6.45, 7) is 5.62. The Morgan fingerprint density at radius 3 is 2.68 bits per heavy atom. The molecule has 7 heteroatoms. The molecule has 0 aliphatic carbocycles. The van der Waals surface area contributed by atoms with Crippen LogP contribution in [-0.2, 0) is 11.2 Å². The zero-order valence-corrected chi connectivity index (χ0v) is 13.2. The highest BCUT2D eigenvalue weighted by atomic mass is 35.5. The van der Waals surface area contributed by atoms with Gasteiger partial charge in [0.25, 0.3) is 0 Å². The van der Waals surface area contributed by atoms with Crippen LogP contribution in [0, 0.1) is 11.6 Å². The summed E-state index contributed by atoms with van der Waals surface area (Å²) in [7, 11) is 0. The van der Waals surface area contributed by atoms with Crippen molar-refractivity contribution in [3.8, 4) is 0 Å². The Kier molecular flexibility index (Phi) is 8.30. The number of nitrogens with zero attached hydrogens (tertiary/aromatic N) is 1. The van der Waals surface area contributed by atoms with Gasteiger partial charge in [0.15, 0.2) is 0 Å². The molecule has 1 heterocycles. The fourth-order valence-electron chi connectivity index (χ4n) is 2.37. The third-order valence-corrected chi connectivity index (χ3v) is 3.55. The van der Waals surface area contributed by atoms with Gasteiger partial charge in [-0.2, -0.15) is 0 Å². The summed E-state index contributed by atoms with van der Waals surface area (Å²) >= 11 is 0. The molecule has 4 nitrogen and oxygen atoms in total. The van der Waals surface area contributed by atoms with Gasteiger partial charge >= 0.3 is 0 Å². The van der Waals surface area contributed by atoms with Crippen LogP contribution < -0.4 is 10.6 Å². The van der Waals surface area contributed by atoms with Crippen molar-refractivity contribution in [3.05, 3.63) is 35.4 Å². The molecule has 0 aromatic heterocycles. The van der Waals surface area contributed by atoms with E-state index in [4.69, 9.17) is 0 Å². The Balaban J connectivity index is 0.00000242. The molecule has 1 fully saturated rings. The monoisotopic (exact) mass is 333 g/mol. The van der Waals surface area contributed by atoms with Gasteiger partial charge in [-0.3, -0.25) is 4.79 Å². The molecule has 0 spiro atoms. The molecule has 124 valence electrons. The first-order valence-corrected chi connectivity index (χ1v) is 7.29. The van der Waals surface area contributed by atoms with Gasteiger partial charge in [-0.05, 0) is 24.6 Å². The topological polar surface area (TPSA) is 44.4 Å². The van der Waals surface area contributed by atoms with E-state index in [9.17, 15) is 13.6 Å². The number of rotatable bonds is 6. The van der Waals surface area contributed by atoms with Crippen LogP contribution in [0.3, 0.4) is 0 Å². The minimum atomic E-state index is -0.675. The van der Waals surface area contributed by atoms with Crippen LogP contribution in [0.25, 0.3) is 0 Å². The molecule has 0 radical (unpaired) electrons. The van der Waals surface area contributed by atoms with E-state index in [1.54, 1.807) is 0 Å². The van der Waals surface area contributed by atoms with Gasteiger partial charge in [-0.1, -0.05) is 6.07 Å². The number of benzene rings is 1. The van der Waals surface area contributed by atoms with E-state index in [1.807, 2.05) is 0 Å². The molecule has 2 N–H and O–H groups in total. The van der Waals surface area contributed by atoms with E-state index in [0.29, 0.717) is 6.54 Å². The molecule has 22 heavy (non-hydrogen) atoms. The summed E-state index contributed by atoms with van der Waals surface area (Å²) < 4.78 is 26.2. The highest BCUT2D eigenvalue weighted by molar-refractivity contribution is 5.85. The van der Waals surface area contributed by atoms with Gasteiger partial charge in [0, 0.05) is 38.8 Å². The average molecular weight is 334 g/mol. The van der Waals surface area contributed by atoms with Crippen LogP contribution in [0.5, 0.6) is 0 Å². The van der Waals surface area contributed by atoms with Gasteiger partial charge < -0.3 is 15.5 Å². The molecular weight excluding hydrogens is 312 g/mol. The van der Waals surface area contributed by atoms with Crippen LogP contribution in [-0.4, -0.2) is 50.1 Å². The number of carbonyl (C=O) groups is 1. The van der Waals surface area contributed by atoms with E-state index < -0.39 is 11.6 Å². The lowest BCUT2D eigenvalue weighted by atomic mass is 10.1. The van der Waals surface area contributed by atoms with Crippen LogP contribution >= 0.6 is 12.4 Å². The Morgan fingerprint density at radius 1 is 1.27 bits per heavy atom. The Labute approximate surface area is 135 Å². The van der Waals surface area contributed by atoms with Gasteiger partial charge in [0.1, 0.15) is 11.6 Å². The van der Waals surface area contributed by atoms with Crippen molar-refractivity contribution in [2.75, 3.05) is 39.3 Å². The normalized spacial score (nSPS) is 15.2. The predicted molar refractivity (Wildman–Crippen MR) is 84.2 cm³/mol. The van der Waals surface area contributed by atoms with Gasteiger partial charge in [0.05, 0.1) is 6.42 Å². The van der Waals surface area contributed by atoms with Crippen molar-refractivity contribution >= 4 is 18.3 Å². The molecule has 0 unspecified atom stereocenters. The Morgan fingerprint density at radius 2 is 2.00 bits per heavy atom. The SMILES string of the molecule is Cl.O=C(Cc1ccc(F)cc1F)NCCCN1CCNCC1. The summed E-state index contributed by atoms with van der Waals surface area (Å²) in [5.74, 6) is -1.54. The van der Waals surface area contributed by atoms with Gasteiger partial charge in [-0.15, -0.1) is 12.4 Å². The first kappa shape index (κ1) is 18.8. The van der Waals surface area contributed by atoms with Gasteiger partial charge in [0.2, 0.25) is 5.91 Å². The zero-order valence-electron chi connectivity index (χ0n) is 12.4. The maximum Gasteiger partial charge on any atom is 0.224 e. The van der Waals surface area contributed by atoms with E-state index in [1.165, 1.54) is 6.07 Å². The minimum absolute atomic E-state index is 0. The summed E-state index contributed by atoms with van der Waals surface area (Å²) in [6, 6.07) is 3.27. The van der Waals surface area contributed by atoms with E-state index >= 15 is 0 Å². The second-order valence-corrected chi connectivity index (χ2v) is 5.21. The fourth-order valence-corrected chi connectivity index (χ4v) is 2.37. The third kappa shape index (κ3) is 6.25. The largest absolute Gasteiger partial charge is 0.356 e. The number of amides is 1. The van der Waals surface area contributed by atoms with Crippen molar-refractivity contribution < 1.29 is 13.6 Å². The molecule has 0 bridgehead atoms. The van der Waals surface area contributed by atoms with E-state index in [-0.39, 0.29) is 30.3 Å². The summed E-state index contributed by atoms with van der Waals surface area (Å²) in [6.07, 6.45) is 0.817. The summed E-state index contributed by atoms with van der Waals surface area (Å²) in [4.78, 5) is 14.1. The van der Waals surface area contributed by atoms with Crippen LogP contribution in [0.1, 0.15) is 12.0 Å². The maximum atomic E-state index is 13.4. The molecule has 0 saturated carbocycles. The molecule has 2 rings (SSSR count). The lowest BCUT2D eigenvalue weighted by Gasteiger charge is -2.27. The molecule has 1 amide bonds. The lowest BCUT2D eigenvalue weighted by molar-refractivity contribution is -0.120.